The van der Waals surface area contributed by atoms with Crippen molar-refractivity contribution in [1.82, 2.24) is 15.0 Å². The fraction of sp³-hybridized carbons (Fsp3) is 0.231. The molecule has 0 saturated heterocycles. The third kappa shape index (κ3) is 3.04. The fourth-order valence-corrected chi connectivity index (χ4v) is 1.55. The van der Waals surface area contributed by atoms with E-state index in [1.807, 2.05) is 19.9 Å². The number of hydrogen-bond acceptors (Lipinski definition) is 5. The van der Waals surface area contributed by atoms with Crippen LogP contribution in [0.15, 0.2) is 24.4 Å². The van der Waals surface area contributed by atoms with Gasteiger partial charge in [-0.1, -0.05) is 6.92 Å². The molecule has 1 N–H and O–H groups in total. The first kappa shape index (κ1) is 12.9. The van der Waals surface area contributed by atoms with E-state index in [0.717, 1.165) is 11.4 Å². The molecule has 19 heavy (non-hydrogen) atoms. The van der Waals surface area contributed by atoms with E-state index in [0.29, 0.717) is 12.2 Å². The van der Waals surface area contributed by atoms with E-state index in [1.54, 1.807) is 6.07 Å². The third-order valence-corrected chi connectivity index (χ3v) is 2.46. The largest absolute Gasteiger partial charge is 0.477 e. The van der Waals surface area contributed by atoms with E-state index < -0.39 is 5.97 Å². The Kier molecular flexibility index (Phi) is 3.70. The van der Waals surface area contributed by atoms with E-state index in [9.17, 15) is 4.79 Å². The van der Waals surface area contributed by atoms with Gasteiger partial charge in [0.15, 0.2) is 11.4 Å². The summed E-state index contributed by atoms with van der Waals surface area (Å²) in [5, 5.41) is 8.85. The molecule has 0 fully saturated rings. The van der Waals surface area contributed by atoms with E-state index in [1.165, 1.54) is 12.3 Å². The monoisotopic (exact) mass is 259 g/mol. The summed E-state index contributed by atoms with van der Waals surface area (Å²) in [7, 11) is 0. The molecule has 2 rings (SSSR count). The minimum absolute atomic E-state index is 0.000234. The van der Waals surface area contributed by atoms with Crippen molar-refractivity contribution >= 4 is 5.97 Å². The first-order chi connectivity index (χ1) is 9.10. The van der Waals surface area contributed by atoms with Crippen LogP contribution in [0.25, 0.3) is 0 Å². The zero-order valence-electron chi connectivity index (χ0n) is 10.6. The summed E-state index contributed by atoms with van der Waals surface area (Å²) in [6.45, 7) is 3.85. The summed E-state index contributed by atoms with van der Waals surface area (Å²) in [5.41, 5.74) is 1.57. The standard InChI is InChI=1S/C13H13N3O3/c1-3-9-11(5-4-8(2)15-9)19-13-14-7-6-10(16-13)12(17)18/h4-7H,3H2,1-2H3,(H,17,18). The van der Waals surface area contributed by atoms with Gasteiger partial charge in [0.2, 0.25) is 0 Å². The van der Waals surface area contributed by atoms with Crippen LogP contribution in [0.2, 0.25) is 0 Å². The van der Waals surface area contributed by atoms with Gasteiger partial charge in [-0.25, -0.2) is 9.78 Å². The van der Waals surface area contributed by atoms with Gasteiger partial charge in [0.25, 0.3) is 0 Å². The normalized spacial score (nSPS) is 10.2. The van der Waals surface area contributed by atoms with Crippen LogP contribution < -0.4 is 4.74 Å². The number of ether oxygens (including phenoxy) is 1. The maximum atomic E-state index is 10.8. The number of aromatic nitrogens is 3. The summed E-state index contributed by atoms with van der Waals surface area (Å²) >= 11 is 0. The Hall–Kier alpha value is -2.50. The second-order valence-electron chi connectivity index (χ2n) is 3.88. The SMILES string of the molecule is CCc1nc(C)ccc1Oc1nccc(C(=O)O)n1. The second-order valence-corrected chi connectivity index (χ2v) is 3.88. The predicted octanol–water partition coefficient (Wildman–Crippen LogP) is 2.23. The summed E-state index contributed by atoms with van der Waals surface area (Å²) in [4.78, 5) is 22.9. The van der Waals surface area contributed by atoms with Gasteiger partial charge in [-0.05, 0) is 31.5 Å². The summed E-state index contributed by atoms with van der Waals surface area (Å²) < 4.78 is 5.50. The summed E-state index contributed by atoms with van der Waals surface area (Å²) in [5.74, 6) is -0.583. The number of nitrogens with zero attached hydrogens (tertiary/aromatic N) is 3. The molecule has 0 bridgehead atoms. The van der Waals surface area contributed by atoms with E-state index in [4.69, 9.17) is 9.84 Å². The highest BCUT2D eigenvalue weighted by Gasteiger charge is 2.10. The van der Waals surface area contributed by atoms with Crippen LogP contribution in [-0.4, -0.2) is 26.0 Å². The molecule has 6 nitrogen and oxygen atoms in total. The fourth-order valence-electron chi connectivity index (χ4n) is 1.55. The van der Waals surface area contributed by atoms with Crippen LogP contribution in [0.4, 0.5) is 0 Å². The molecule has 0 aliphatic carbocycles. The topological polar surface area (TPSA) is 85.2 Å². The van der Waals surface area contributed by atoms with E-state index in [2.05, 4.69) is 15.0 Å². The lowest BCUT2D eigenvalue weighted by molar-refractivity contribution is 0.0689. The molecular formula is C13H13N3O3. The van der Waals surface area contributed by atoms with E-state index >= 15 is 0 Å². The maximum absolute atomic E-state index is 10.8. The van der Waals surface area contributed by atoms with Crippen LogP contribution in [0.5, 0.6) is 11.8 Å². The lowest BCUT2D eigenvalue weighted by Gasteiger charge is -2.08. The number of aromatic carboxylic acids is 1. The molecule has 6 heteroatoms. The van der Waals surface area contributed by atoms with Crippen LogP contribution >= 0.6 is 0 Å². The Morgan fingerprint density at radius 3 is 2.79 bits per heavy atom. The van der Waals surface area contributed by atoms with Crippen molar-refractivity contribution in [3.63, 3.8) is 0 Å². The van der Waals surface area contributed by atoms with E-state index in [-0.39, 0.29) is 11.7 Å². The lowest BCUT2D eigenvalue weighted by atomic mass is 10.2. The van der Waals surface area contributed by atoms with Gasteiger partial charge in [0.05, 0.1) is 5.69 Å². The van der Waals surface area contributed by atoms with Crippen molar-refractivity contribution in [2.45, 2.75) is 20.3 Å². The van der Waals surface area contributed by atoms with Gasteiger partial charge in [0.1, 0.15) is 0 Å². The average molecular weight is 259 g/mol. The summed E-state index contributed by atoms with van der Waals surface area (Å²) in [6.07, 6.45) is 2.05. The molecule has 2 aromatic rings. The zero-order valence-corrected chi connectivity index (χ0v) is 10.6. The quantitative estimate of drug-likeness (QED) is 0.906. The van der Waals surface area contributed by atoms with Gasteiger partial charge in [-0.3, -0.25) is 4.98 Å². The molecule has 0 amide bonds. The number of carboxylic acids is 1. The predicted molar refractivity (Wildman–Crippen MR) is 67.4 cm³/mol. The molecule has 0 spiro atoms. The minimum atomic E-state index is -1.12. The molecule has 0 aromatic carbocycles. The van der Waals surface area contributed by atoms with Crippen LogP contribution in [0.3, 0.4) is 0 Å². The number of carboxylic acid groups (broad SMARTS) is 1. The zero-order chi connectivity index (χ0) is 13.8. The first-order valence-electron chi connectivity index (χ1n) is 5.81. The van der Waals surface area contributed by atoms with Crippen LogP contribution in [-0.2, 0) is 6.42 Å². The van der Waals surface area contributed by atoms with Crippen LogP contribution in [0.1, 0.15) is 28.8 Å². The maximum Gasteiger partial charge on any atom is 0.354 e. The molecule has 0 unspecified atom stereocenters. The molecular weight excluding hydrogens is 246 g/mol. The summed E-state index contributed by atoms with van der Waals surface area (Å²) in [6, 6.07) is 4.90. The Morgan fingerprint density at radius 2 is 2.11 bits per heavy atom. The van der Waals surface area contributed by atoms with Crippen molar-refractivity contribution in [2.24, 2.45) is 0 Å². The Morgan fingerprint density at radius 1 is 1.32 bits per heavy atom. The van der Waals surface area contributed by atoms with Gasteiger partial charge in [-0.15, -0.1) is 0 Å². The number of hydrogen-bond donors (Lipinski definition) is 1. The van der Waals surface area contributed by atoms with Crippen molar-refractivity contribution in [1.29, 1.82) is 0 Å². The molecule has 2 heterocycles. The lowest BCUT2D eigenvalue weighted by Crippen LogP contribution is -2.03. The average Bonchev–Trinajstić information content (AvgIpc) is 2.41. The third-order valence-electron chi connectivity index (χ3n) is 2.46. The van der Waals surface area contributed by atoms with Gasteiger partial charge in [-0.2, -0.15) is 4.98 Å². The van der Waals surface area contributed by atoms with Crippen LogP contribution in [0, 0.1) is 6.92 Å². The van der Waals surface area contributed by atoms with Gasteiger partial charge >= 0.3 is 12.0 Å². The van der Waals surface area contributed by atoms with Gasteiger partial charge in [0, 0.05) is 11.9 Å². The van der Waals surface area contributed by atoms with Crippen molar-refractivity contribution in [3.8, 4) is 11.8 Å². The molecule has 0 atom stereocenters. The highest BCUT2D eigenvalue weighted by atomic mass is 16.5. The Balaban J connectivity index is 2.30. The molecule has 0 radical (unpaired) electrons. The smallest absolute Gasteiger partial charge is 0.354 e. The second kappa shape index (κ2) is 5.43. The Bertz CT molecular complexity index is 614. The minimum Gasteiger partial charge on any atom is -0.477 e. The van der Waals surface area contributed by atoms with Crippen molar-refractivity contribution < 1.29 is 14.6 Å². The number of carbonyl (C=O) groups is 1. The molecule has 0 aliphatic rings. The number of pyridine rings is 1. The molecule has 0 aliphatic heterocycles. The van der Waals surface area contributed by atoms with Crippen molar-refractivity contribution in [3.05, 3.63) is 41.5 Å². The molecule has 0 saturated carbocycles. The first-order valence-corrected chi connectivity index (χ1v) is 5.81. The molecule has 2 aromatic heterocycles. The number of rotatable bonds is 4. The highest BCUT2D eigenvalue weighted by molar-refractivity contribution is 5.85. The number of aryl methyl sites for hydroxylation is 2. The van der Waals surface area contributed by atoms with Crippen molar-refractivity contribution in [2.75, 3.05) is 0 Å². The van der Waals surface area contributed by atoms with Gasteiger partial charge < -0.3 is 9.84 Å². The highest BCUT2D eigenvalue weighted by Crippen LogP contribution is 2.22. The molecule has 98 valence electrons. The Labute approximate surface area is 110 Å².